The van der Waals surface area contributed by atoms with Crippen molar-refractivity contribution in [2.24, 2.45) is 0 Å². The van der Waals surface area contributed by atoms with Crippen molar-refractivity contribution in [1.82, 2.24) is 9.71 Å². The average Bonchev–Trinajstić information content (AvgIpc) is 2.95. The second-order valence-corrected chi connectivity index (χ2v) is 8.23. The molecule has 1 heterocycles. The van der Waals surface area contributed by atoms with E-state index in [2.05, 4.69) is 9.71 Å². The van der Waals surface area contributed by atoms with Crippen LogP contribution in [0.15, 0.2) is 53.4 Å². The molecule has 0 saturated heterocycles. The number of hydrogen-bond donors (Lipinski definition) is 3. The minimum atomic E-state index is -3.49. The van der Waals surface area contributed by atoms with E-state index in [1.54, 1.807) is 30.3 Å². The summed E-state index contributed by atoms with van der Waals surface area (Å²) in [5.41, 5.74) is 2.95. The van der Waals surface area contributed by atoms with Crippen molar-refractivity contribution in [1.29, 1.82) is 0 Å². The van der Waals surface area contributed by atoms with Crippen LogP contribution in [0.5, 0.6) is 0 Å². The Hall–Kier alpha value is -1.86. The maximum Gasteiger partial charge on any atom is 0.240 e. The number of sulfonamides is 1. The quantitative estimate of drug-likeness (QED) is 0.550. The Balaban J connectivity index is 1.71. The molecule has 0 aliphatic heterocycles. The van der Waals surface area contributed by atoms with Crippen molar-refractivity contribution < 1.29 is 13.5 Å². The number of aliphatic hydroxyl groups excluding tert-OH is 1. The smallest absolute Gasteiger partial charge is 0.240 e. The van der Waals surface area contributed by atoms with Crippen molar-refractivity contribution in [2.45, 2.75) is 24.2 Å². The van der Waals surface area contributed by atoms with Crippen LogP contribution in [0.3, 0.4) is 0 Å². The molecule has 0 spiro atoms. The van der Waals surface area contributed by atoms with E-state index in [9.17, 15) is 8.42 Å². The minimum absolute atomic E-state index is 0.115. The first-order valence-corrected chi connectivity index (χ1v) is 10.3. The number of aromatic amines is 1. The molecule has 3 aromatic rings. The summed E-state index contributed by atoms with van der Waals surface area (Å²) in [7, 11) is -3.49. The van der Waals surface area contributed by atoms with Gasteiger partial charge < -0.3 is 10.1 Å². The van der Waals surface area contributed by atoms with E-state index in [0.29, 0.717) is 31.0 Å². The molecule has 138 valence electrons. The highest BCUT2D eigenvalue weighted by atomic mass is 35.5. The highest BCUT2D eigenvalue weighted by Crippen LogP contribution is 2.28. The fourth-order valence-corrected chi connectivity index (χ4v) is 4.28. The van der Waals surface area contributed by atoms with Gasteiger partial charge in [-0.05, 0) is 54.7 Å². The number of rotatable bonds is 8. The van der Waals surface area contributed by atoms with Crippen LogP contribution in [-0.2, 0) is 22.9 Å². The molecule has 0 amide bonds. The van der Waals surface area contributed by atoms with E-state index in [4.69, 9.17) is 16.7 Å². The Morgan fingerprint density at radius 3 is 2.58 bits per heavy atom. The number of fused-ring (bicyclic) bond motifs is 1. The van der Waals surface area contributed by atoms with Crippen LogP contribution in [0.25, 0.3) is 10.9 Å². The average molecular weight is 393 g/mol. The van der Waals surface area contributed by atoms with Crippen molar-refractivity contribution in [2.75, 3.05) is 13.2 Å². The lowest BCUT2D eigenvalue weighted by atomic mass is 10.0. The van der Waals surface area contributed by atoms with E-state index in [1.807, 2.05) is 18.2 Å². The fourth-order valence-electron chi connectivity index (χ4n) is 2.93. The van der Waals surface area contributed by atoms with Crippen molar-refractivity contribution >= 4 is 32.5 Å². The standard InChI is InChI=1S/C19H21ClN2O3S/c20-19-16(7-4-12-23)17-13-14(8-9-18(17)22-19)10-11-21-26(24,25)15-5-2-1-3-6-15/h1-3,5-6,8-9,13,21-23H,4,7,10-12H2. The van der Waals surface area contributed by atoms with Gasteiger partial charge in [-0.2, -0.15) is 0 Å². The second kappa shape index (κ2) is 8.22. The summed E-state index contributed by atoms with van der Waals surface area (Å²) >= 11 is 6.26. The molecular weight excluding hydrogens is 372 g/mol. The number of aryl methyl sites for hydroxylation is 1. The van der Waals surface area contributed by atoms with Gasteiger partial charge in [-0.1, -0.05) is 35.9 Å². The van der Waals surface area contributed by atoms with Crippen molar-refractivity contribution in [3.05, 3.63) is 64.8 Å². The van der Waals surface area contributed by atoms with Gasteiger partial charge in [-0.3, -0.25) is 0 Å². The van der Waals surface area contributed by atoms with Crippen LogP contribution in [0, 0.1) is 0 Å². The van der Waals surface area contributed by atoms with Crippen LogP contribution in [0.1, 0.15) is 17.5 Å². The van der Waals surface area contributed by atoms with Gasteiger partial charge in [0.15, 0.2) is 0 Å². The summed E-state index contributed by atoms with van der Waals surface area (Å²) in [6.45, 7) is 0.427. The molecule has 0 atom stereocenters. The van der Waals surface area contributed by atoms with Crippen LogP contribution >= 0.6 is 11.6 Å². The molecule has 0 saturated carbocycles. The molecule has 2 aromatic carbocycles. The van der Waals surface area contributed by atoms with Gasteiger partial charge in [-0.25, -0.2) is 13.1 Å². The summed E-state index contributed by atoms with van der Waals surface area (Å²) in [5.74, 6) is 0. The molecule has 26 heavy (non-hydrogen) atoms. The van der Waals surface area contributed by atoms with Crippen LogP contribution in [0.2, 0.25) is 5.15 Å². The lowest BCUT2D eigenvalue weighted by Crippen LogP contribution is -2.25. The molecule has 7 heteroatoms. The molecule has 3 rings (SSSR count). The molecule has 0 aliphatic carbocycles. The Bertz CT molecular complexity index is 985. The summed E-state index contributed by atoms with van der Waals surface area (Å²) in [4.78, 5) is 3.40. The molecule has 0 aliphatic rings. The Kier molecular flexibility index (Phi) is 5.98. The molecule has 0 bridgehead atoms. The van der Waals surface area contributed by atoms with Gasteiger partial charge in [-0.15, -0.1) is 0 Å². The SMILES string of the molecule is O=S(=O)(NCCc1ccc2[nH]c(Cl)c(CCCO)c2c1)c1ccccc1. The van der Waals surface area contributed by atoms with Crippen LogP contribution in [0.4, 0.5) is 0 Å². The van der Waals surface area contributed by atoms with E-state index < -0.39 is 10.0 Å². The predicted molar refractivity (Wildman–Crippen MR) is 104 cm³/mol. The van der Waals surface area contributed by atoms with Gasteiger partial charge in [0.1, 0.15) is 5.15 Å². The molecule has 3 N–H and O–H groups in total. The zero-order valence-electron chi connectivity index (χ0n) is 14.2. The summed E-state index contributed by atoms with van der Waals surface area (Å²) < 4.78 is 27.1. The highest BCUT2D eigenvalue weighted by Gasteiger charge is 2.13. The number of hydrogen-bond acceptors (Lipinski definition) is 3. The summed E-state index contributed by atoms with van der Waals surface area (Å²) in [5, 5.41) is 10.7. The molecule has 0 fully saturated rings. The van der Waals surface area contributed by atoms with Crippen LogP contribution < -0.4 is 4.72 Å². The molecular formula is C19H21ClN2O3S. The predicted octanol–water partition coefficient (Wildman–Crippen LogP) is 3.27. The van der Waals surface area contributed by atoms with E-state index >= 15 is 0 Å². The first-order chi connectivity index (χ1) is 12.5. The third-order valence-corrected chi connectivity index (χ3v) is 6.06. The number of aliphatic hydroxyl groups is 1. The van der Waals surface area contributed by atoms with E-state index in [0.717, 1.165) is 22.0 Å². The zero-order valence-corrected chi connectivity index (χ0v) is 15.8. The number of aromatic nitrogens is 1. The third kappa shape index (κ3) is 4.27. The third-order valence-electron chi connectivity index (χ3n) is 4.26. The maximum absolute atomic E-state index is 12.3. The number of halogens is 1. The molecule has 0 unspecified atom stereocenters. The number of nitrogens with one attached hydrogen (secondary N) is 2. The Labute approximate surface area is 158 Å². The van der Waals surface area contributed by atoms with Gasteiger partial charge in [0, 0.05) is 24.1 Å². The van der Waals surface area contributed by atoms with E-state index in [-0.39, 0.29) is 11.5 Å². The maximum atomic E-state index is 12.3. The first kappa shape index (κ1) is 18.9. The first-order valence-electron chi connectivity index (χ1n) is 8.46. The number of H-pyrrole nitrogens is 1. The molecule has 0 radical (unpaired) electrons. The van der Waals surface area contributed by atoms with Crippen LogP contribution in [-0.4, -0.2) is 31.7 Å². The van der Waals surface area contributed by atoms with Gasteiger partial charge in [0.2, 0.25) is 10.0 Å². The lowest BCUT2D eigenvalue weighted by Gasteiger charge is -2.07. The van der Waals surface area contributed by atoms with Crippen molar-refractivity contribution in [3.63, 3.8) is 0 Å². The number of benzene rings is 2. The fraction of sp³-hybridized carbons (Fsp3) is 0.263. The minimum Gasteiger partial charge on any atom is -0.396 e. The summed E-state index contributed by atoms with van der Waals surface area (Å²) in [6.07, 6.45) is 1.91. The van der Waals surface area contributed by atoms with Crippen molar-refractivity contribution in [3.8, 4) is 0 Å². The second-order valence-electron chi connectivity index (χ2n) is 6.09. The topological polar surface area (TPSA) is 82.2 Å². The van der Waals surface area contributed by atoms with Gasteiger partial charge in [0.25, 0.3) is 0 Å². The van der Waals surface area contributed by atoms with Gasteiger partial charge >= 0.3 is 0 Å². The molecule has 5 nitrogen and oxygen atoms in total. The Morgan fingerprint density at radius 1 is 1.08 bits per heavy atom. The zero-order chi connectivity index (χ0) is 18.6. The van der Waals surface area contributed by atoms with Gasteiger partial charge in [0.05, 0.1) is 4.90 Å². The van der Waals surface area contributed by atoms with E-state index in [1.165, 1.54) is 0 Å². The summed E-state index contributed by atoms with van der Waals surface area (Å²) in [6, 6.07) is 14.3. The normalized spacial score (nSPS) is 11.9. The Morgan fingerprint density at radius 2 is 1.85 bits per heavy atom. The lowest BCUT2D eigenvalue weighted by molar-refractivity contribution is 0.289. The monoisotopic (exact) mass is 392 g/mol. The molecule has 1 aromatic heterocycles. The highest BCUT2D eigenvalue weighted by molar-refractivity contribution is 7.89. The largest absolute Gasteiger partial charge is 0.396 e.